The third kappa shape index (κ3) is 4.43. The van der Waals surface area contributed by atoms with Gasteiger partial charge in [0.25, 0.3) is 0 Å². The smallest absolute Gasteiger partial charge is 0.234 e. The van der Waals surface area contributed by atoms with E-state index in [1.54, 1.807) is 18.3 Å². The second-order valence-corrected chi connectivity index (χ2v) is 7.55. The van der Waals surface area contributed by atoms with Gasteiger partial charge in [0.05, 0.1) is 4.90 Å². The Hall–Kier alpha value is -1.63. The quantitative estimate of drug-likeness (QED) is 0.790. The fourth-order valence-corrected chi connectivity index (χ4v) is 3.88. The van der Waals surface area contributed by atoms with Crippen molar-refractivity contribution in [2.24, 2.45) is 0 Å². The number of benzene rings is 1. The molecule has 0 aliphatic rings. The molecule has 0 aliphatic carbocycles. The Labute approximate surface area is 144 Å². The molecule has 8 heteroatoms. The van der Waals surface area contributed by atoms with Crippen LogP contribution in [0.25, 0.3) is 0 Å². The number of carbonyl (C=O) groups is 1. The van der Waals surface area contributed by atoms with E-state index >= 15 is 0 Å². The highest BCUT2D eigenvalue weighted by Gasteiger charge is 2.29. The van der Waals surface area contributed by atoms with Gasteiger partial charge >= 0.3 is 0 Å². The average Bonchev–Trinajstić information content (AvgIpc) is 2.56. The van der Waals surface area contributed by atoms with E-state index in [-0.39, 0.29) is 17.3 Å². The van der Waals surface area contributed by atoms with Crippen LogP contribution in [0, 0.1) is 0 Å². The molecule has 0 saturated carbocycles. The molecule has 1 heterocycles. The van der Waals surface area contributed by atoms with Crippen molar-refractivity contribution in [2.45, 2.75) is 10.1 Å². The summed E-state index contributed by atoms with van der Waals surface area (Å²) < 4.78 is 25.8. The lowest BCUT2D eigenvalue weighted by Crippen LogP contribution is -2.32. The molecule has 1 atom stereocenters. The third-order valence-electron chi connectivity index (χ3n) is 3.18. The van der Waals surface area contributed by atoms with E-state index in [0.717, 1.165) is 0 Å². The number of alkyl halides is 1. The molecule has 23 heavy (non-hydrogen) atoms. The summed E-state index contributed by atoms with van der Waals surface area (Å²) in [7, 11) is -3.73. The highest BCUT2D eigenvalue weighted by molar-refractivity contribution is 7.91. The van der Waals surface area contributed by atoms with E-state index in [4.69, 9.17) is 23.2 Å². The molecule has 1 unspecified atom stereocenters. The Morgan fingerprint density at radius 1 is 1.22 bits per heavy atom. The van der Waals surface area contributed by atoms with E-state index in [9.17, 15) is 13.2 Å². The van der Waals surface area contributed by atoms with Gasteiger partial charge in [0.1, 0.15) is 11.1 Å². The zero-order chi connectivity index (χ0) is 16.9. The van der Waals surface area contributed by atoms with Gasteiger partial charge in [0.15, 0.2) is 9.84 Å². The van der Waals surface area contributed by atoms with Crippen LogP contribution < -0.4 is 5.32 Å². The van der Waals surface area contributed by atoms with Crippen LogP contribution in [0.15, 0.2) is 53.7 Å². The SMILES string of the molecule is O=C(CCl)NCC(c1cccnc1)S(=O)(=O)c1ccc(Cl)cc1. The number of rotatable bonds is 6. The lowest BCUT2D eigenvalue weighted by Gasteiger charge is -2.18. The molecule has 1 N–H and O–H groups in total. The van der Waals surface area contributed by atoms with Crippen LogP contribution in [0.5, 0.6) is 0 Å². The molecule has 0 bridgehead atoms. The van der Waals surface area contributed by atoms with Crippen LogP contribution in [-0.4, -0.2) is 31.7 Å². The minimum atomic E-state index is -3.73. The second kappa shape index (κ2) is 7.77. The van der Waals surface area contributed by atoms with Gasteiger partial charge in [-0.3, -0.25) is 9.78 Å². The summed E-state index contributed by atoms with van der Waals surface area (Å²) in [5.74, 6) is -0.673. The largest absolute Gasteiger partial charge is 0.353 e. The Morgan fingerprint density at radius 2 is 1.91 bits per heavy atom. The summed E-state index contributed by atoms with van der Waals surface area (Å²) in [5, 5.41) is 1.99. The summed E-state index contributed by atoms with van der Waals surface area (Å²) >= 11 is 11.2. The Morgan fingerprint density at radius 3 is 2.48 bits per heavy atom. The van der Waals surface area contributed by atoms with E-state index in [1.165, 1.54) is 30.5 Å². The molecule has 0 saturated heterocycles. The molecule has 122 valence electrons. The van der Waals surface area contributed by atoms with Crippen molar-refractivity contribution < 1.29 is 13.2 Å². The van der Waals surface area contributed by atoms with Crippen LogP contribution in [0.4, 0.5) is 0 Å². The molecule has 2 rings (SSSR count). The first-order valence-corrected chi connectivity index (χ1v) is 9.13. The molecule has 0 aliphatic heterocycles. The van der Waals surface area contributed by atoms with Crippen LogP contribution >= 0.6 is 23.2 Å². The average molecular weight is 373 g/mol. The number of hydrogen-bond donors (Lipinski definition) is 1. The van der Waals surface area contributed by atoms with Crippen molar-refractivity contribution in [1.82, 2.24) is 10.3 Å². The number of nitrogens with zero attached hydrogens (tertiary/aromatic N) is 1. The number of sulfone groups is 1. The van der Waals surface area contributed by atoms with Gasteiger partial charge in [-0.05, 0) is 35.9 Å². The first-order valence-electron chi connectivity index (χ1n) is 6.67. The zero-order valence-corrected chi connectivity index (χ0v) is 14.3. The molecule has 5 nitrogen and oxygen atoms in total. The predicted octanol–water partition coefficient (Wildman–Crippen LogP) is 2.61. The standard InChI is InChI=1S/C15H14Cl2N2O3S/c16-8-15(20)19-10-14(11-2-1-7-18-9-11)23(21,22)13-5-3-12(17)4-6-13/h1-7,9,14H,8,10H2,(H,19,20). The number of carbonyl (C=O) groups excluding carboxylic acids is 1. The van der Waals surface area contributed by atoms with E-state index in [2.05, 4.69) is 10.3 Å². The fraction of sp³-hybridized carbons (Fsp3) is 0.200. The molecule has 0 spiro atoms. The number of aromatic nitrogens is 1. The van der Waals surface area contributed by atoms with Crippen molar-refractivity contribution in [2.75, 3.05) is 12.4 Å². The van der Waals surface area contributed by atoms with Gasteiger partial charge in [-0.2, -0.15) is 0 Å². The monoisotopic (exact) mass is 372 g/mol. The zero-order valence-electron chi connectivity index (χ0n) is 11.9. The fourth-order valence-electron chi connectivity index (χ4n) is 2.02. The Kier molecular flexibility index (Phi) is 5.98. The van der Waals surface area contributed by atoms with Crippen LogP contribution in [0.1, 0.15) is 10.8 Å². The highest BCUT2D eigenvalue weighted by atomic mass is 35.5. The molecule has 0 radical (unpaired) electrons. The third-order valence-corrected chi connectivity index (χ3v) is 5.79. The first-order chi connectivity index (χ1) is 10.9. The van der Waals surface area contributed by atoms with Gasteiger partial charge < -0.3 is 5.32 Å². The minimum Gasteiger partial charge on any atom is -0.353 e. The minimum absolute atomic E-state index is 0.0950. The lowest BCUT2D eigenvalue weighted by atomic mass is 10.2. The predicted molar refractivity (Wildman–Crippen MR) is 89.3 cm³/mol. The molecular formula is C15H14Cl2N2O3S. The molecule has 1 aromatic heterocycles. The molecule has 0 fully saturated rings. The van der Waals surface area contributed by atoms with Crippen molar-refractivity contribution >= 4 is 38.9 Å². The van der Waals surface area contributed by atoms with Crippen LogP contribution in [0.2, 0.25) is 5.02 Å². The summed E-state index contributed by atoms with van der Waals surface area (Å²) in [5.41, 5.74) is 0.484. The van der Waals surface area contributed by atoms with Gasteiger partial charge in [-0.25, -0.2) is 8.42 Å². The topological polar surface area (TPSA) is 76.1 Å². The number of amides is 1. The molecule has 2 aromatic rings. The summed E-state index contributed by atoms with van der Waals surface area (Å²) in [6.45, 7) is -0.0950. The maximum atomic E-state index is 12.9. The second-order valence-electron chi connectivity index (χ2n) is 4.71. The Bertz CT molecular complexity index is 765. The van der Waals surface area contributed by atoms with Crippen molar-refractivity contribution in [3.8, 4) is 0 Å². The van der Waals surface area contributed by atoms with Gasteiger partial charge in [0.2, 0.25) is 5.91 Å². The lowest BCUT2D eigenvalue weighted by molar-refractivity contribution is -0.118. The number of hydrogen-bond acceptors (Lipinski definition) is 4. The van der Waals surface area contributed by atoms with Crippen molar-refractivity contribution in [3.05, 3.63) is 59.4 Å². The molecular weight excluding hydrogens is 359 g/mol. The number of nitrogens with one attached hydrogen (secondary N) is 1. The van der Waals surface area contributed by atoms with Crippen LogP contribution in [0.3, 0.4) is 0 Å². The normalized spacial score (nSPS) is 12.6. The van der Waals surface area contributed by atoms with Crippen molar-refractivity contribution in [3.63, 3.8) is 0 Å². The number of halogens is 2. The first kappa shape index (κ1) is 17.7. The van der Waals surface area contributed by atoms with Gasteiger partial charge in [-0.1, -0.05) is 17.7 Å². The summed E-state index contributed by atoms with van der Waals surface area (Å²) in [4.78, 5) is 15.5. The van der Waals surface area contributed by atoms with Gasteiger partial charge in [-0.15, -0.1) is 11.6 Å². The Balaban J connectivity index is 2.39. The summed E-state index contributed by atoms with van der Waals surface area (Å²) in [6, 6.07) is 9.17. The summed E-state index contributed by atoms with van der Waals surface area (Å²) in [6.07, 6.45) is 3.01. The molecule has 1 aromatic carbocycles. The molecule has 1 amide bonds. The van der Waals surface area contributed by atoms with Gasteiger partial charge in [0, 0.05) is 24.0 Å². The number of pyridine rings is 1. The van der Waals surface area contributed by atoms with Crippen molar-refractivity contribution in [1.29, 1.82) is 0 Å². The maximum Gasteiger partial charge on any atom is 0.234 e. The van der Waals surface area contributed by atoms with E-state index in [1.807, 2.05) is 0 Å². The van der Waals surface area contributed by atoms with Crippen LogP contribution in [-0.2, 0) is 14.6 Å². The highest BCUT2D eigenvalue weighted by Crippen LogP contribution is 2.28. The maximum absolute atomic E-state index is 12.9. The van der Waals surface area contributed by atoms with E-state index in [0.29, 0.717) is 10.6 Å². The van der Waals surface area contributed by atoms with E-state index < -0.39 is 21.0 Å².